The van der Waals surface area contributed by atoms with Crippen LogP contribution in [-0.4, -0.2) is 37.0 Å². The number of likely N-dealkylation sites (tertiary alicyclic amines) is 1. The van der Waals surface area contributed by atoms with E-state index >= 15 is 0 Å². The Kier molecular flexibility index (Phi) is 5.09. The quantitative estimate of drug-likeness (QED) is 0.634. The van der Waals surface area contributed by atoms with Crippen molar-refractivity contribution in [2.75, 3.05) is 20.2 Å². The van der Waals surface area contributed by atoms with Gasteiger partial charge in [-0.2, -0.15) is 0 Å². The highest BCUT2D eigenvalue weighted by molar-refractivity contribution is 5.92. The van der Waals surface area contributed by atoms with Gasteiger partial charge in [0.05, 0.1) is 13.0 Å². The molecule has 0 aliphatic carbocycles. The Labute approximate surface area is 123 Å². The second-order valence-electron chi connectivity index (χ2n) is 5.01. The molecule has 1 saturated heterocycles. The summed E-state index contributed by atoms with van der Waals surface area (Å²) < 4.78 is 17.5. The zero-order valence-corrected chi connectivity index (χ0v) is 11.9. The normalized spacial score (nSPS) is 16.2. The van der Waals surface area contributed by atoms with Crippen molar-refractivity contribution in [1.29, 1.82) is 0 Å². The van der Waals surface area contributed by atoms with Gasteiger partial charge in [0.1, 0.15) is 5.82 Å². The maximum atomic E-state index is 12.8. The summed E-state index contributed by atoms with van der Waals surface area (Å²) in [6.45, 7) is 1.10. The number of carbonyl (C=O) groups is 2. The van der Waals surface area contributed by atoms with E-state index in [1.807, 2.05) is 0 Å². The van der Waals surface area contributed by atoms with Gasteiger partial charge < -0.3 is 9.64 Å². The number of piperidine rings is 1. The molecular weight excluding hydrogens is 273 g/mol. The van der Waals surface area contributed by atoms with Crippen LogP contribution in [0.3, 0.4) is 0 Å². The van der Waals surface area contributed by atoms with Gasteiger partial charge in [0.2, 0.25) is 5.91 Å². The summed E-state index contributed by atoms with van der Waals surface area (Å²) in [5.74, 6) is -0.713. The van der Waals surface area contributed by atoms with E-state index in [0.29, 0.717) is 25.9 Å². The molecule has 1 aliphatic rings. The first-order valence-corrected chi connectivity index (χ1v) is 6.90. The first kappa shape index (κ1) is 15.2. The van der Waals surface area contributed by atoms with Crippen LogP contribution in [0, 0.1) is 11.7 Å². The maximum absolute atomic E-state index is 12.8. The number of esters is 1. The number of rotatable bonds is 3. The van der Waals surface area contributed by atoms with E-state index < -0.39 is 0 Å². The Bertz CT molecular complexity index is 531. The molecule has 21 heavy (non-hydrogen) atoms. The van der Waals surface area contributed by atoms with Crippen LogP contribution >= 0.6 is 0 Å². The van der Waals surface area contributed by atoms with Crippen LogP contribution in [0.1, 0.15) is 18.4 Å². The topological polar surface area (TPSA) is 46.6 Å². The maximum Gasteiger partial charge on any atom is 0.308 e. The van der Waals surface area contributed by atoms with E-state index in [4.69, 9.17) is 4.74 Å². The summed E-state index contributed by atoms with van der Waals surface area (Å²) in [7, 11) is 1.38. The molecule has 0 radical (unpaired) electrons. The molecule has 0 spiro atoms. The molecule has 1 aromatic carbocycles. The summed E-state index contributed by atoms with van der Waals surface area (Å²) in [4.78, 5) is 25.2. The zero-order valence-electron chi connectivity index (χ0n) is 11.9. The number of hydrogen-bond donors (Lipinski definition) is 0. The fraction of sp³-hybridized carbons (Fsp3) is 0.375. The Morgan fingerprint density at radius 1 is 1.24 bits per heavy atom. The number of benzene rings is 1. The molecule has 5 heteroatoms. The van der Waals surface area contributed by atoms with E-state index in [1.165, 1.54) is 25.3 Å². The molecular formula is C16H18FNO3. The molecule has 0 saturated carbocycles. The summed E-state index contributed by atoms with van der Waals surface area (Å²) in [6.07, 6.45) is 4.39. The average Bonchev–Trinajstić information content (AvgIpc) is 2.53. The van der Waals surface area contributed by atoms with Gasteiger partial charge in [-0.05, 0) is 36.6 Å². The fourth-order valence-electron chi connectivity index (χ4n) is 2.35. The van der Waals surface area contributed by atoms with Crippen LogP contribution in [0.25, 0.3) is 6.08 Å². The van der Waals surface area contributed by atoms with Crippen molar-refractivity contribution < 1.29 is 18.7 Å². The van der Waals surface area contributed by atoms with Gasteiger partial charge in [-0.1, -0.05) is 12.1 Å². The minimum atomic E-state index is -0.302. The SMILES string of the molecule is COC(=O)C1CCN(C(=O)/C=C/c2ccc(F)cc2)CC1. The number of carbonyl (C=O) groups excluding carboxylic acids is 2. The van der Waals surface area contributed by atoms with Crippen LogP contribution in [0.4, 0.5) is 4.39 Å². The monoisotopic (exact) mass is 291 g/mol. The van der Waals surface area contributed by atoms with Crippen molar-refractivity contribution >= 4 is 18.0 Å². The minimum absolute atomic E-state index is 0.0948. The van der Waals surface area contributed by atoms with Crippen LogP contribution in [0.5, 0.6) is 0 Å². The lowest BCUT2D eigenvalue weighted by Gasteiger charge is -2.29. The number of nitrogens with zero attached hydrogens (tertiary/aromatic N) is 1. The van der Waals surface area contributed by atoms with Crippen LogP contribution in [0.2, 0.25) is 0 Å². The lowest BCUT2D eigenvalue weighted by atomic mass is 9.97. The standard InChI is InChI=1S/C16H18FNO3/c1-21-16(20)13-8-10-18(11-9-13)15(19)7-4-12-2-5-14(17)6-3-12/h2-7,13H,8-11H2,1H3/b7-4+. The third-order valence-electron chi connectivity index (χ3n) is 3.63. The van der Waals surface area contributed by atoms with Crippen LogP contribution in [0.15, 0.2) is 30.3 Å². The molecule has 0 aromatic heterocycles. The highest BCUT2D eigenvalue weighted by Crippen LogP contribution is 2.18. The molecule has 0 N–H and O–H groups in total. The Balaban J connectivity index is 1.87. The zero-order chi connectivity index (χ0) is 15.2. The summed E-state index contributed by atoms with van der Waals surface area (Å²) in [5, 5.41) is 0. The number of hydrogen-bond acceptors (Lipinski definition) is 3. The minimum Gasteiger partial charge on any atom is -0.469 e. The lowest BCUT2D eigenvalue weighted by molar-refractivity contribution is -0.148. The fourth-order valence-corrected chi connectivity index (χ4v) is 2.35. The third kappa shape index (κ3) is 4.15. The Hall–Kier alpha value is -2.17. The van der Waals surface area contributed by atoms with Crippen molar-refractivity contribution in [2.45, 2.75) is 12.8 Å². The highest BCUT2D eigenvalue weighted by atomic mass is 19.1. The van der Waals surface area contributed by atoms with Gasteiger partial charge in [-0.25, -0.2) is 4.39 Å². The molecule has 1 amide bonds. The number of halogens is 1. The molecule has 0 unspecified atom stereocenters. The van der Waals surface area contributed by atoms with E-state index in [1.54, 1.807) is 23.1 Å². The lowest BCUT2D eigenvalue weighted by Crippen LogP contribution is -2.39. The van der Waals surface area contributed by atoms with Gasteiger partial charge in [0.25, 0.3) is 0 Å². The molecule has 1 aromatic rings. The predicted molar refractivity (Wildman–Crippen MR) is 76.8 cm³/mol. The largest absolute Gasteiger partial charge is 0.469 e. The van der Waals surface area contributed by atoms with Crippen molar-refractivity contribution in [3.63, 3.8) is 0 Å². The van der Waals surface area contributed by atoms with E-state index in [2.05, 4.69) is 0 Å². The van der Waals surface area contributed by atoms with Crippen LogP contribution in [-0.2, 0) is 14.3 Å². The van der Waals surface area contributed by atoms with Crippen molar-refractivity contribution in [2.24, 2.45) is 5.92 Å². The first-order chi connectivity index (χ1) is 10.1. The molecule has 0 atom stereocenters. The van der Waals surface area contributed by atoms with Gasteiger partial charge in [0, 0.05) is 19.2 Å². The van der Waals surface area contributed by atoms with E-state index in [-0.39, 0.29) is 23.6 Å². The predicted octanol–water partition coefficient (Wildman–Crippen LogP) is 2.25. The number of methoxy groups -OCH3 is 1. The molecule has 2 rings (SSSR count). The van der Waals surface area contributed by atoms with Crippen LogP contribution < -0.4 is 0 Å². The highest BCUT2D eigenvalue weighted by Gasteiger charge is 2.26. The Morgan fingerprint density at radius 2 is 1.86 bits per heavy atom. The smallest absolute Gasteiger partial charge is 0.308 e. The van der Waals surface area contributed by atoms with E-state index in [9.17, 15) is 14.0 Å². The molecule has 112 valence electrons. The third-order valence-corrected chi connectivity index (χ3v) is 3.63. The number of amides is 1. The average molecular weight is 291 g/mol. The van der Waals surface area contributed by atoms with Gasteiger partial charge in [-0.15, -0.1) is 0 Å². The second-order valence-corrected chi connectivity index (χ2v) is 5.01. The molecule has 0 bridgehead atoms. The first-order valence-electron chi connectivity index (χ1n) is 6.90. The van der Waals surface area contributed by atoms with Crippen molar-refractivity contribution in [1.82, 2.24) is 4.90 Å². The molecule has 4 nitrogen and oxygen atoms in total. The summed E-state index contributed by atoms with van der Waals surface area (Å²) in [6, 6.07) is 5.93. The number of ether oxygens (including phenoxy) is 1. The molecule has 1 heterocycles. The summed E-state index contributed by atoms with van der Waals surface area (Å²) >= 11 is 0. The van der Waals surface area contributed by atoms with Gasteiger partial charge in [-0.3, -0.25) is 9.59 Å². The van der Waals surface area contributed by atoms with Gasteiger partial charge >= 0.3 is 5.97 Å². The van der Waals surface area contributed by atoms with Gasteiger partial charge in [0.15, 0.2) is 0 Å². The summed E-state index contributed by atoms with van der Waals surface area (Å²) in [5.41, 5.74) is 0.772. The molecule has 1 aliphatic heterocycles. The second kappa shape index (κ2) is 7.02. The van der Waals surface area contributed by atoms with E-state index in [0.717, 1.165) is 5.56 Å². The van der Waals surface area contributed by atoms with Crippen molar-refractivity contribution in [3.05, 3.63) is 41.7 Å². The van der Waals surface area contributed by atoms with Crippen molar-refractivity contribution in [3.8, 4) is 0 Å². The molecule has 1 fully saturated rings. The Morgan fingerprint density at radius 3 is 2.43 bits per heavy atom.